The van der Waals surface area contributed by atoms with Crippen molar-refractivity contribution in [3.05, 3.63) is 58.1 Å². The van der Waals surface area contributed by atoms with Crippen LogP contribution in [-0.2, 0) is 14.3 Å². The Morgan fingerprint density at radius 1 is 1.16 bits per heavy atom. The zero-order chi connectivity index (χ0) is 18.4. The van der Waals surface area contributed by atoms with E-state index in [-0.39, 0.29) is 0 Å². The monoisotopic (exact) mass is 381 g/mol. The van der Waals surface area contributed by atoms with Crippen molar-refractivity contribution >= 4 is 40.8 Å². The largest absolute Gasteiger partial charge is 0.479 e. The lowest BCUT2D eigenvalue weighted by atomic mass is 10.2. The molecule has 0 saturated carbocycles. The summed E-state index contributed by atoms with van der Waals surface area (Å²) >= 11 is 11.8. The SMILES string of the molecule is Cc1cccc(O[C@H](C)C(=O)OCC(=O)Nc2cc(Cl)ccc2Cl)c1. The van der Waals surface area contributed by atoms with Crippen LogP contribution in [0.3, 0.4) is 0 Å². The lowest BCUT2D eigenvalue weighted by Gasteiger charge is -2.14. The first-order chi connectivity index (χ1) is 11.8. The molecular weight excluding hydrogens is 365 g/mol. The fourth-order valence-electron chi connectivity index (χ4n) is 1.97. The van der Waals surface area contributed by atoms with Crippen LogP contribution in [0.2, 0.25) is 10.0 Å². The Bertz CT molecular complexity index is 779. The van der Waals surface area contributed by atoms with Crippen LogP contribution in [0.4, 0.5) is 5.69 Å². The van der Waals surface area contributed by atoms with Crippen LogP contribution in [0.25, 0.3) is 0 Å². The standard InChI is InChI=1S/C18H17Cl2NO4/c1-11-4-3-5-14(8-11)25-12(2)18(23)24-10-17(22)21-16-9-13(19)6-7-15(16)20/h3-9,12H,10H2,1-2H3,(H,21,22)/t12-/m1/s1. The van der Waals surface area contributed by atoms with Gasteiger partial charge in [0.05, 0.1) is 10.7 Å². The lowest BCUT2D eigenvalue weighted by Crippen LogP contribution is -2.29. The predicted octanol–water partition coefficient (Wildman–Crippen LogP) is 4.25. The van der Waals surface area contributed by atoms with Crippen LogP contribution in [0.15, 0.2) is 42.5 Å². The highest BCUT2D eigenvalue weighted by molar-refractivity contribution is 6.35. The van der Waals surface area contributed by atoms with Gasteiger partial charge in [0, 0.05) is 5.02 Å². The second-order valence-corrected chi connectivity index (χ2v) is 6.20. The van der Waals surface area contributed by atoms with E-state index in [2.05, 4.69) is 5.32 Å². The van der Waals surface area contributed by atoms with Crippen molar-refractivity contribution in [1.82, 2.24) is 0 Å². The predicted molar refractivity (Wildman–Crippen MR) is 97.3 cm³/mol. The summed E-state index contributed by atoms with van der Waals surface area (Å²) < 4.78 is 10.5. The van der Waals surface area contributed by atoms with E-state index in [0.717, 1.165) is 5.56 Å². The number of carbonyl (C=O) groups is 2. The Morgan fingerprint density at radius 3 is 2.64 bits per heavy atom. The van der Waals surface area contributed by atoms with E-state index in [9.17, 15) is 9.59 Å². The molecule has 7 heteroatoms. The fraction of sp³-hybridized carbons (Fsp3) is 0.222. The van der Waals surface area contributed by atoms with Gasteiger partial charge in [-0.15, -0.1) is 0 Å². The van der Waals surface area contributed by atoms with Gasteiger partial charge in [0.2, 0.25) is 0 Å². The molecule has 5 nitrogen and oxygen atoms in total. The van der Waals surface area contributed by atoms with E-state index < -0.39 is 24.6 Å². The number of rotatable bonds is 6. The molecule has 0 aromatic heterocycles. The van der Waals surface area contributed by atoms with Crippen molar-refractivity contribution in [3.8, 4) is 5.75 Å². The molecule has 0 spiro atoms. The summed E-state index contributed by atoms with van der Waals surface area (Å²) in [6.07, 6.45) is -0.843. The topological polar surface area (TPSA) is 64.6 Å². The molecular formula is C18H17Cl2NO4. The third kappa shape index (κ3) is 5.96. The number of anilines is 1. The number of benzene rings is 2. The van der Waals surface area contributed by atoms with Crippen molar-refractivity contribution in [3.63, 3.8) is 0 Å². The minimum atomic E-state index is -0.843. The van der Waals surface area contributed by atoms with Crippen molar-refractivity contribution < 1.29 is 19.1 Å². The highest BCUT2D eigenvalue weighted by Crippen LogP contribution is 2.25. The maximum atomic E-state index is 11.9. The van der Waals surface area contributed by atoms with Gasteiger partial charge in [-0.25, -0.2) is 4.79 Å². The van der Waals surface area contributed by atoms with E-state index >= 15 is 0 Å². The normalized spacial score (nSPS) is 11.5. The van der Waals surface area contributed by atoms with Gasteiger partial charge in [0.15, 0.2) is 12.7 Å². The van der Waals surface area contributed by atoms with E-state index in [1.807, 2.05) is 19.1 Å². The second kappa shape index (κ2) is 8.74. The number of nitrogens with one attached hydrogen (secondary N) is 1. The molecule has 0 aliphatic heterocycles. The number of carbonyl (C=O) groups excluding carboxylic acids is 2. The third-order valence-corrected chi connectivity index (χ3v) is 3.75. The number of esters is 1. The molecule has 0 aliphatic rings. The first kappa shape index (κ1) is 19.1. The van der Waals surface area contributed by atoms with Gasteiger partial charge in [0.25, 0.3) is 5.91 Å². The number of amides is 1. The highest BCUT2D eigenvalue weighted by Gasteiger charge is 2.18. The second-order valence-electron chi connectivity index (χ2n) is 5.36. The van der Waals surface area contributed by atoms with Gasteiger partial charge < -0.3 is 14.8 Å². The molecule has 2 aromatic rings. The molecule has 2 rings (SSSR count). The summed E-state index contributed by atoms with van der Waals surface area (Å²) in [7, 11) is 0. The van der Waals surface area contributed by atoms with E-state index in [4.69, 9.17) is 32.7 Å². The summed E-state index contributed by atoms with van der Waals surface area (Å²) in [5.41, 5.74) is 1.36. The van der Waals surface area contributed by atoms with Crippen molar-refractivity contribution in [2.75, 3.05) is 11.9 Å². The summed E-state index contributed by atoms with van der Waals surface area (Å²) in [6.45, 7) is 3.01. The minimum absolute atomic E-state index is 0.334. The minimum Gasteiger partial charge on any atom is -0.479 e. The first-order valence-corrected chi connectivity index (χ1v) is 8.25. The van der Waals surface area contributed by atoms with Gasteiger partial charge in [-0.05, 0) is 49.7 Å². The number of ether oxygens (including phenoxy) is 2. The van der Waals surface area contributed by atoms with Crippen molar-refractivity contribution in [2.45, 2.75) is 20.0 Å². The van der Waals surface area contributed by atoms with Crippen molar-refractivity contribution in [1.29, 1.82) is 0 Å². The summed E-state index contributed by atoms with van der Waals surface area (Å²) in [5, 5.41) is 3.29. The zero-order valence-electron chi connectivity index (χ0n) is 13.7. The Hall–Kier alpha value is -2.24. The van der Waals surface area contributed by atoms with Crippen LogP contribution in [0, 0.1) is 6.92 Å². The lowest BCUT2D eigenvalue weighted by molar-refractivity contribution is -0.153. The molecule has 2 aromatic carbocycles. The Kier molecular flexibility index (Phi) is 6.67. The fourth-order valence-corrected chi connectivity index (χ4v) is 2.31. The molecule has 0 aliphatic carbocycles. The maximum absolute atomic E-state index is 11.9. The van der Waals surface area contributed by atoms with Gasteiger partial charge in [-0.1, -0.05) is 35.3 Å². The molecule has 0 fully saturated rings. The van der Waals surface area contributed by atoms with Crippen LogP contribution in [0.1, 0.15) is 12.5 Å². The molecule has 132 valence electrons. The molecule has 1 atom stereocenters. The molecule has 0 unspecified atom stereocenters. The Morgan fingerprint density at radius 2 is 1.92 bits per heavy atom. The van der Waals surface area contributed by atoms with Crippen molar-refractivity contribution in [2.24, 2.45) is 0 Å². The molecule has 1 amide bonds. The number of aryl methyl sites for hydroxylation is 1. The van der Waals surface area contributed by atoms with Crippen LogP contribution < -0.4 is 10.1 Å². The highest BCUT2D eigenvalue weighted by atomic mass is 35.5. The number of halogens is 2. The maximum Gasteiger partial charge on any atom is 0.347 e. The van der Waals surface area contributed by atoms with Gasteiger partial charge >= 0.3 is 5.97 Å². The summed E-state index contributed by atoms with van der Waals surface area (Å²) in [6, 6.07) is 12.0. The average Bonchev–Trinajstić information content (AvgIpc) is 2.56. The molecule has 25 heavy (non-hydrogen) atoms. The average molecular weight is 382 g/mol. The molecule has 0 saturated heterocycles. The molecule has 1 N–H and O–H groups in total. The van der Waals surface area contributed by atoms with Gasteiger partial charge in [0.1, 0.15) is 5.75 Å². The molecule has 0 radical (unpaired) electrons. The van der Waals surface area contributed by atoms with Crippen LogP contribution in [0.5, 0.6) is 5.75 Å². The van der Waals surface area contributed by atoms with Crippen LogP contribution in [-0.4, -0.2) is 24.6 Å². The summed E-state index contributed by atoms with van der Waals surface area (Å²) in [5.74, 6) is -0.617. The molecule has 0 bridgehead atoms. The Balaban J connectivity index is 1.84. The summed E-state index contributed by atoms with van der Waals surface area (Å²) in [4.78, 5) is 23.8. The van der Waals surface area contributed by atoms with E-state index in [1.54, 1.807) is 31.2 Å². The van der Waals surface area contributed by atoms with E-state index in [0.29, 0.717) is 21.5 Å². The Labute approximate surface area is 155 Å². The first-order valence-electron chi connectivity index (χ1n) is 7.50. The molecule has 0 heterocycles. The number of hydrogen-bond acceptors (Lipinski definition) is 4. The number of hydrogen-bond donors (Lipinski definition) is 1. The quantitative estimate of drug-likeness (QED) is 0.759. The van der Waals surface area contributed by atoms with E-state index in [1.165, 1.54) is 6.07 Å². The van der Waals surface area contributed by atoms with Gasteiger partial charge in [-0.2, -0.15) is 0 Å². The van der Waals surface area contributed by atoms with Crippen LogP contribution >= 0.6 is 23.2 Å². The zero-order valence-corrected chi connectivity index (χ0v) is 15.2. The van der Waals surface area contributed by atoms with Gasteiger partial charge in [-0.3, -0.25) is 4.79 Å². The smallest absolute Gasteiger partial charge is 0.347 e. The third-order valence-electron chi connectivity index (χ3n) is 3.18.